The van der Waals surface area contributed by atoms with Gasteiger partial charge in [0, 0.05) is 12.2 Å². The Labute approximate surface area is 102 Å². The van der Waals surface area contributed by atoms with Crippen molar-refractivity contribution in [3.8, 4) is 0 Å². The van der Waals surface area contributed by atoms with E-state index in [-0.39, 0.29) is 14.9 Å². The van der Waals surface area contributed by atoms with Gasteiger partial charge in [-0.05, 0) is 37.1 Å². The first-order chi connectivity index (χ1) is 6.93. The van der Waals surface area contributed by atoms with Crippen LogP contribution in [0.25, 0.3) is 0 Å². The first-order valence-electron chi connectivity index (χ1n) is 4.86. The Hall–Kier alpha value is -1.19. The van der Waals surface area contributed by atoms with Crippen LogP contribution in [0.2, 0.25) is 0 Å². The maximum atomic E-state index is 12.4. The lowest BCUT2D eigenvalue weighted by molar-refractivity contribution is -0.137. The predicted octanol–water partition coefficient (Wildman–Crippen LogP) is 5.11. The predicted molar refractivity (Wildman–Crippen MR) is 68.4 cm³/mol. The van der Waals surface area contributed by atoms with Crippen molar-refractivity contribution in [1.82, 2.24) is 0 Å². The van der Waals surface area contributed by atoms with Gasteiger partial charge < -0.3 is 5.32 Å². The zero-order valence-corrected chi connectivity index (χ0v) is 8.78. The van der Waals surface area contributed by atoms with Gasteiger partial charge in [0.1, 0.15) is 0 Å². The van der Waals surface area contributed by atoms with Gasteiger partial charge in [0.05, 0.1) is 5.56 Å². The minimum absolute atomic E-state index is 0. The third-order valence-corrected chi connectivity index (χ3v) is 1.98. The summed E-state index contributed by atoms with van der Waals surface area (Å²) < 4.78 is 37.3. The second-order valence-corrected chi connectivity index (χ2v) is 3.51. The van der Waals surface area contributed by atoms with E-state index in [4.69, 9.17) is 0 Å². The van der Waals surface area contributed by atoms with E-state index in [1.165, 1.54) is 0 Å². The highest BCUT2D eigenvalue weighted by Crippen LogP contribution is 2.31. The lowest BCUT2D eigenvalue weighted by atomic mass is 10.1. The molecule has 0 atom stereocenters. The van der Waals surface area contributed by atoms with Crippen LogP contribution in [0.1, 0.15) is 39.3 Å². The van der Waals surface area contributed by atoms with Gasteiger partial charge in [-0.3, -0.25) is 0 Å². The van der Waals surface area contributed by atoms with E-state index in [2.05, 4.69) is 5.32 Å². The van der Waals surface area contributed by atoms with Crippen LogP contribution < -0.4 is 5.32 Å². The number of aryl methyl sites for hydroxylation is 1. The average Bonchev–Trinajstić information content (AvgIpc) is 2.12. The molecule has 0 aliphatic rings. The second-order valence-electron chi connectivity index (χ2n) is 3.51. The normalized spacial score (nSPS) is 10.2. The molecule has 0 aliphatic heterocycles. The third-order valence-electron chi connectivity index (χ3n) is 1.98. The van der Waals surface area contributed by atoms with Crippen molar-refractivity contribution >= 4 is 5.69 Å². The summed E-state index contributed by atoms with van der Waals surface area (Å²) in [6.07, 6.45) is -3.38. The zero-order chi connectivity index (χ0) is 11.5. The summed E-state index contributed by atoms with van der Waals surface area (Å²) in [4.78, 5) is 0. The number of benzene rings is 1. The highest BCUT2D eigenvalue weighted by molar-refractivity contribution is 5.49. The molecule has 0 unspecified atom stereocenters. The molecule has 100 valence electrons. The molecule has 1 N–H and O–H groups in total. The van der Waals surface area contributed by atoms with Crippen LogP contribution in [-0.4, -0.2) is 6.54 Å². The summed E-state index contributed by atoms with van der Waals surface area (Å²) in [5, 5.41) is 2.95. The van der Waals surface area contributed by atoms with E-state index in [1.54, 1.807) is 13.0 Å². The molecular formula is C13H22F3N. The molecule has 0 aliphatic carbocycles. The molecule has 0 heterocycles. The van der Waals surface area contributed by atoms with E-state index in [0.29, 0.717) is 17.8 Å². The molecule has 1 aromatic carbocycles. The maximum absolute atomic E-state index is 12.4. The van der Waals surface area contributed by atoms with E-state index >= 15 is 0 Å². The van der Waals surface area contributed by atoms with Crippen molar-refractivity contribution in [3.63, 3.8) is 0 Å². The summed E-state index contributed by atoms with van der Waals surface area (Å²) in [7, 11) is 0. The molecule has 0 saturated heterocycles. The average molecular weight is 249 g/mol. The van der Waals surface area contributed by atoms with Crippen LogP contribution in [0.5, 0.6) is 0 Å². The van der Waals surface area contributed by atoms with Crippen LogP contribution in [0.3, 0.4) is 0 Å². The van der Waals surface area contributed by atoms with E-state index in [9.17, 15) is 13.2 Å². The first-order valence-corrected chi connectivity index (χ1v) is 4.86. The summed E-state index contributed by atoms with van der Waals surface area (Å²) in [5.41, 5.74) is 0.550. The third kappa shape index (κ3) is 5.61. The Balaban J connectivity index is 0. The largest absolute Gasteiger partial charge is 0.416 e. The van der Waals surface area contributed by atoms with Gasteiger partial charge in [-0.25, -0.2) is 0 Å². The van der Waals surface area contributed by atoms with Crippen molar-refractivity contribution in [1.29, 1.82) is 0 Å². The fourth-order valence-electron chi connectivity index (χ4n) is 1.32. The number of halogens is 3. The molecule has 0 amide bonds. The molecule has 1 rings (SSSR count). The van der Waals surface area contributed by atoms with E-state index in [0.717, 1.165) is 18.6 Å². The van der Waals surface area contributed by atoms with Crippen LogP contribution in [0.4, 0.5) is 18.9 Å². The Morgan fingerprint density at radius 3 is 2.18 bits per heavy atom. The molecule has 0 bridgehead atoms. The van der Waals surface area contributed by atoms with Gasteiger partial charge in [0.2, 0.25) is 0 Å². The number of alkyl halides is 3. The highest BCUT2D eigenvalue weighted by Gasteiger charge is 2.30. The summed E-state index contributed by atoms with van der Waals surface area (Å²) in [6.45, 7) is 4.31. The molecule has 0 saturated carbocycles. The first kappa shape index (κ1) is 18.2. The lowest BCUT2D eigenvalue weighted by Gasteiger charge is -2.11. The van der Waals surface area contributed by atoms with Gasteiger partial charge in [-0.2, -0.15) is 13.2 Å². The van der Waals surface area contributed by atoms with Crippen molar-refractivity contribution in [2.75, 3.05) is 11.9 Å². The fourth-order valence-corrected chi connectivity index (χ4v) is 1.32. The van der Waals surface area contributed by atoms with Crippen molar-refractivity contribution < 1.29 is 13.2 Å². The van der Waals surface area contributed by atoms with Gasteiger partial charge in [0.25, 0.3) is 0 Å². The lowest BCUT2D eigenvalue weighted by Crippen LogP contribution is -2.07. The van der Waals surface area contributed by atoms with E-state index in [1.807, 2.05) is 6.92 Å². The molecule has 17 heavy (non-hydrogen) atoms. The molecule has 0 aromatic heterocycles. The Bertz CT molecular complexity index is 332. The molecule has 4 heteroatoms. The van der Waals surface area contributed by atoms with Gasteiger partial charge in [-0.1, -0.05) is 21.8 Å². The van der Waals surface area contributed by atoms with Crippen molar-refractivity contribution in [2.24, 2.45) is 0 Å². The quantitative estimate of drug-likeness (QED) is 0.785. The van der Waals surface area contributed by atoms with E-state index < -0.39 is 11.7 Å². The molecule has 1 aromatic rings. The molecule has 0 fully saturated rings. The Morgan fingerprint density at radius 1 is 1.12 bits per heavy atom. The summed E-state index contributed by atoms with van der Waals surface area (Å²) in [6, 6.07) is 4.00. The monoisotopic (exact) mass is 249 g/mol. The second kappa shape index (κ2) is 7.20. The van der Waals surface area contributed by atoms with Crippen LogP contribution in [-0.2, 0) is 6.18 Å². The summed E-state index contributed by atoms with van der Waals surface area (Å²) in [5.74, 6) is 0. The summed E-state index contributed by atoms with van der Waals surface area (Å²) >= 11 is 0. The molecular weight excluding hydrogens is 227 g/mol. The van der Waals surface area contributed by atoms with Crippen LogP contribution in [0, 0.1) is 6.92 Å². The smallest absolute Gasteiger partial charge is 0.385 e. The number of hydrogen-bond acceptors (Lipinski definition) is 1. The standard InChI is InChI=1S/C11H14F3N.2CH4/c1-3-4-15-10-6-8(2)5-9(7-10)11(12,13)14;;/h5-7,15H,3-4H2,1-2H3;2*1H4. The molecule has 1 nitrogen and oxygen atoms in total. The van der Waals surface area contributed by atoms with Gasteiger partial charge in [-0.15, -0.1) is 0 Å². The topological polar surface area (TPSA) is 12.0 Å². The number of anilines is 1. The Morgan fingerprint density at radius 2 is 1.71 bits per heavy atom. The molecule has 0 spiro atoms. The number of hydrogen-bond donors (Lipinski definition) is 1. The van der Waals surface area contributed by atoms with Crippen molar-refractivity contribution in [2.45, 2.75) is 41.3 Å². The van der Waals surface area contributed by atoms with Crippen LogP contribution >= 0.6 is 0 Å². The minimum atomic E-state index is -4.27. The number of rotatable bonds is 3. The Kier molecular flexibility index (Phi) is 7.70. The van der Waals surface area contributed by atoms with Gasteiger partial charge in [0.15, 0.2) is 0 Å². The maximum Gasteiger partial charge on any atom is 0.416 e. The SMILES string of the molecule is C.C.CCCNc1cc(C)cc(C(F)(F)F)c1. The zero-order valence-electron chi connectivity index (χ0n) is 8.78. The highest BCUT2D eigenvalue weighted by atomic mass is 19.4. The molecule has 0 radical (unpaired) electrons. The fraction of sp³-hybridized carbons (Fsp3) is 0.538. The minimum Gasteiger partial charge on any atom is -0.385 e. The van der Waals surface area contributed by atoms with Crippen LogP contribution in [0.15, 0.2) is 18.2 Å². The van der Waals surface area contributed by atoms with Gasteiger partial charge >= 0.3 is 6.18 Å². The number of nitrogens with one attached hydrogen (secondary N) is 1. The van der Waals surface area contributed by atoms with Crippen molar-refractivity contribution in [3.05, 3.63) is 29.3 Å².